The SMILES string of the molecule is NC(=O)c1cccc(NC(=O)c2ccco2)c1. The van der Waals surface area contributed by atoms with Crippen LogP contribution < -0.4 is 11.1 Å². The molecule has 1 aromatic carbocycles. The van der Waals surface area contributed by atoms with Crippen LogP contribution in [0.15, 0.2) is 47.1 Å². The van der Waals surface area contributed by atoms with Gasteiger partial charge in [-0.1, -0.05) is 6.07 Å². The second-order valence-corrected chi connectivity index (χ2v) is 3.38. The van der Waals surface area contributed by atoms with Gasteiger partial charge >= 0.3 is 0 Å². The molecule has 1 heterocycles. The molecule has 0 saturated carbocycles. The molecule has 2 rings (SSSR count). The van der Waals surface area contributed by atoms with Crippen molar-refractivity contribution in [1.29, 1.82) is 0 Å². The quantitative estimate of drug-likeness (QED) is 0.840. The van der Waals surface area contributed by atoms with Crippen LogP contribution in [0, 0.1) is 0 Å². The number of carbonyl (C=O) groups excluding carboxylic acids is 2. The zero-order valence-electron chi connectivity index (χ0n) is 8.84. The third kappa shape index (κ3) is 2.52. The number of furan rings is 1. The zero-order chi connectivity index (χ0) is 12.3. The first kappa shape index (κ1) is 10.9. The molecule has 0 atom stereocenters. The van der Waals surface area contributed by atoms with Gasteiger partial charge in [0.1, 0.15) is 0 Å². The van der Waals surface area contributed by atoms with Gasteiger partial charge in [0.2, 0.25) is 5.91 Å². The minimum atomic E-state index is -0.543. The van der Waals surface area contributed by atoms with Gasteiger partial charge in [0.25, 0.3) is 5.91 Å². The van der Waals surface area contributed by atoms with E-state index in [-0.39, 0.29) is 11.7 Å². The molecule has 0 aliphatic heterocycles. The van der Waals surface area contributed by atoms with Gasteiger partial charge in [0, 0.05) is 11.3 Å². The smallest absolute Gasteiger partial charge is 0.291 e. The molecule has 3 N–H and O–H groups in total. The van der Waals surface area contributed by atoms with Crippen LogP contribution in [0.1, 0.15) is 20.9 Å². The van der Waals surface area contributed by atoms with E-state index in [1.54, 1.807) is 30.3 Å². The van der Waals surface area contributed by atoms with Crippen LogP contribution in [0.25, 0.3) is 0 Å². The molecule has 0 unspecified atom stereocenters. The van der Waals surface area contributed by atoms with Crippen LogP contribution in [-0.4, -0.2) is 11.8 Å². The summed E-state index contributed by atoms with van der Waals surface area (Å²) in [6, 6.07) is 9.54. The lowest BCUT2D eigenvalue weighted by Crippen LogP contribution is -2.13. The monoisotopic (exact) mass is 230 g/mol. The van der Waals surface area contributed by atoms with Crippen molar-refractivity contribution >= 4 is 17.5 Å². The van der Waals surface area contributed by atoms with Gasteiger partial charge in [-0.05, 0) is 30.3 Å². The van der Waals surface area contributed by atoms with Gasteiger partial charge in [-0.15, -0.1) is 0 Å². The molecular formula is C12H10N2O3. The van der Waals surface area contributed by atoms with Gasteiger partial charge in [-0.2, -0.15) is 0 Å². The van der Waals surface area contributed by atoms with Gasteiger partial charge < -0.3 is 15.5 Å². The lowest BCUT2D eigenvalue weighted by Gasteiger charge is -2.04. The summed E-state index contributed by atoms with van der Waals surface area (Å²) < 4.78 is 4.94. The van der Waals surface area contributed by atoms with Crippen molar-refractivity contribution in [2.24, 2.45) is 5.73 Å². The van der Waals surface area contributed by atoms with Crippen molar-refractivity contribution in [2.75, 3.05) is 5.32 Å². The third-order valence-electron chi connectivity index (χ3n) is 2.15. The number of nitrogens with two attached hydrogens (primary N) is 1. The minimum Gasteiger partial charge on any atom is -0.459 e. The Kier molecular flexibility index (Phi) is 2.91. The Morgan fingerprint density at radius 1 is 1.18 bits per heavy atom. The van der Waals surface area contributed by atoms with Gasteiger partial charge in [0.15, 0.2) is 5.76 Å². The largest absolute Gasteiger partial charge is 0.459 e. The molecule has 5 heteroatoms. The number of anilines is 1. The van der Waals surface area contributed by atoms with E-state index in [1.807, 2.05) is 0 Å². The standard InChI is InChI=1S/C12H10N2O3/c13-11(15)8-3-1-4-9(7-8)14-12(16)10-5-2-6-17-10/h1-7H,(H2,13,15)(H,14,16). The van der Waals surface area contributed by atoms with Gasteiger partial charge in [0.05, 0.1) is 6.26 Å². The lowest BCUT2D eigenvalue weighted by molar-refractivity contribution is 0.0988. The summed E-state index contributed by atoms with van der Waals surface area (Å²) in [6.07, 6.45) is 1.41. The highest BCUT2D eigenvalue weighted by Crippen LogP contribution is 2.12. The summed E-state index contributed by atoms with van der Waals surface area (Å²) in [5.74, 6) is -0.717. The normalized spacial score (nSPS) is 9.88. The molecule has 0 fully saturated rings. The summed E-state index contributed by atoms with van der Waals surface area (Å²) in [6.45, 7) is 0. The van der Waals surface area contributed by atoms with Crippen molar-refractivity contribution in [3.63, 3.8) is 0 Å². The van der Waals surface area contributed by atoms with Crippen LogP contribution >= 0.6 is 0 Å². The molecule has 86 valence electrons. The van der Waals surface area contributed by atoms with E-state index in [4.69, 9.17) is 10.2 Å². The summed E-state index contributed by atoms with van der Waals surface area (Å²) in [5.41, 5.74) is 5.96. The molecule has 2 amide bonds. The summed E-state index contributed by atoms with van der Waals surface area (Å²) >= 11 is 0. The summed E-state index contributed by atoms with van der Waals surface area (Å²) in [4.78, 5) is 22.6. The number of benzene rings is 1. The van der Waals surface area contributed by atoms with Crippen LogP contribution in [0.4, 0.5) is 5.69 Å². The van der Waals surface area contributed by atoms with E-state index < -0.39 is 5.91 Å². The summed E-state index contributed by atoms with van der Waals surface area (Å²) in [7, 11) is 0. The van der Waals surface area contributed by atoms with E-state index >= 15 is 0 Å². The Morgan fingerprint density at radius 2 is 2.00 bits per heavy atom. The third-order valence-corrected chi connectivity index (χ3v) is 2.15. The van der Waals surface area contributed by atoms with Crippen LogP contribution in [0.2, 0.25) is 0 Å². The first-order valence-electron chi connectivity index (χ1n) is 4.91. The number of hydrogen-bond acceptors (Lipinski definition) is 3. The number of nitrogens with one attached hydrogen (secondary N) is 1. The van der Waals surface area contributed by atoms with E-state index in [0.29, 0.717) is 11.3 Å². The average molecular weight is 230 g/mol. The molecule has 0 aliphatic carbocycles. The lowest BCUT2D eigenvalue weighted by atomic mass is 10.2. The Balaban J connectivity index is 2.16. The fraction of sp³-hybridized carbons (Fsp3) is 0. The van der Waals surface area contributed by atoms with Gasteiger partial charge in [-0.25, -0.2) is 0 Å². The van der Waals surface area contributed by atoms with Crippen molar-refractivity contribution in [3.8, 4) is 0 Å². The fourth-order valence-electron chi connectivity index (χ4n) is 1.35. The number of primary amides is 1. The molecule has 0 bridgehead atoms. The van der Waals surface area contributed by atoms with E-state index in [1.165, 1.54) is 12.3 Å². The molecule has 1 aromatic heterocycles. The minimum absolute atomic E-state index is 0.203. The molecular weight excluding hydrogens is 220 g/mol. The van der Waals surface area contributed by atoms with Gasteiger partial charge in [-0.3, -0.25) is 9.59 Å². The maximum Gasteiger partial charge on any atom is 0.291 e. The van der Waals surface area contributed by atoms with E-state index in [2.05, 4.69) is 5.32 Å². The number of hydrogen-bond donors (Lipinski definition) is 2. The first-order valence-corrected chi connectivity index (χ1v) is 4.91. The Hall–Kier alpha value is -2.56. The van der Waals surface area contributed by atoms with E-state index in [9.17, 15) is 9.59 Å². The maximum atomic E-state index is 11.6. The van der Waals surface area contributed by atoms with Crippen molar-refractivity contribution in [1.82, 2.24) is 0 Å². The topological polar surface area (TPSA) is 85.3 Å². The number of rotatable bonds is 3. The van der Waals surface area contributed by atoms with Crippen LogP contribution in [0.5, 0.6) is 0 Å². The highest BCUT2D eigenvalue weighted by Gasteiger charge is 2.09. The number of amides is 2. The predicted molar refractivity (Wildman–Crippen MR) is 61.6 cm³/mol. The molecule has 2 aromatic rings. The Bertz CT molecular complexity index is 547. The second-order valence-electron chi connectivity index (χ2n) is 3.38. The Labute approximate surface area is 97.2 Å². The molecule has 0 radical (unpaired) electrons. The first-order chi connectivity index (χ1) is 8.16. The second kappa shape index (κ2) is 4.52. The van der Waals surface area contributed by atoms with Crippen molar-refractivity contribution < 1.29 is 14.0 Å². The fourth-order valence-corrected chi connectivity index (χ4v) is 1.35. The molecule has 0 saturated heterocycles. The predicted octanol–water partition coefficient (Wildman–Crippen LogP) is 1.63. The van der Waals surface area contributed by atoms with Crippen LogP contribution in [0.3, 0.4) is 0 Å². The summed E-state index contributed by atoms with van der Waals surface area (Å²) in [5, 5.41) is 2.60. The molecule has 5 nitrogen and oxygen atoms in total. The molecule has 0 spiro atoms. The Morgan fingerprint density at radius 3 is 2.65 bits per heavy atom. The highest BCUT2D eigenvalue weighted by atomic mass is 16.3. The maximum absolute atomic E-state index is 11.6. The molecule has 0 aliphatic rings. The van der Waals surface area contributed by atoms with Crippen molar-refractivity contribution in [3.05, 3.63) is 54.0 Å². The zero-order valence-corrected chi connectivity index (χ0v) is 8.84. The van der Waals surface area contributed by atoms with Crippen LogP contribution in [-0.2, 0) is 0 Å². The average Bonchev–Trinajstić information content (AvgIpc) is 2.82. The molecule has 17 heavy (non-hydrogen) atoms. The highest BCUT2D eigenvalue weighted by molar-refractivity contribution is 6.03. The number of carbonyl (C=O) groups is 2. The van der Waals surface area contributed by atoms with Crippen molar-refractivity contribution in [2.45, 2.75) is 0 Å². The van der Waals surface area contributed by atoms with E-state index in [0.717, 1.165) is 0 Å².